The summed E-state index contributed by atoms with van der Waals surface area (Å²) in [6.45, 7) is 3.01. The highest BCUT2D eigenvalue weighted by Crippen LogP contribution is 2.15. The number of carbonyl (C=O) groups is 1. The minimum atomic E-state index is -0.0682. The molecule has 1 aromatic heterocycles. The Morgan fingerprint density at radius 3 is 2.86 bits per heavy atom. The van der Waals surface area contributed by atoms with Crippen molar-refractivity contribution in [1.82, 2.24) is 14.7 Å². The highest BCUT2D eigenvalue weighted by Gasteiger charge is 2.11. The molecule has 0 aliphatic rings. The van der Waals surface area contributed by atoms with Gasteiger partial charge in [0.25, 0.3) is 0 Å². The Morgan fingerprint density at radius 1 is 1.48 bits per heavy atom. The van der Waals surface area contributed by atoms with Crippen LogP contribution in [0.5, 0.6) is 0 Å². The number of likely N-dealkylation sites (N-methyl/N-ethyl adjacent to an activating group) is 1. The van der Waals surface area contributed by atoms with Crippen molar-refractivity contribution in [3.8, 4) is 0 Å². The number of halogens is 1. The molecule has 0 bridgehead atoms. The fourth-order valence-electron chi connectivity index (χ4n) is 2.06. The Hall–Kier alpha value is -1.85. The van der Waals surface area contributed by atoms with Crippen LogP contribution in [0.25, 0.3) is 0 Å². The highest BCUT2D eigenvalue weighted by molar-refractivity contribution is 6.30. The van der Waals surface area contributed by atoms with Crippen molar-refractivity contribution in [2.24, 2.45) is 7.05 Å². The summed E-state index contributed by atoms with van der Waals surface area (Å²) in [7, 11) is 3.81. The average Bonchev–Trinajstić information content (AvgIpc) is 2.70. The summed E-state index contributed by atoms with van der Waals surface area (Å²) in [6.07, 6.45) is 1.83. The maximum absolute atomic E-state index is 12.0. The first kappa shape index (κ1) is 15.5. The van der Waals surface area contributed by atoms with Gasteiger partial charge in [-0.15, -0.1) is 0 Å². The molecule has 6 heteroatoms. The second-order valence-corrected chi connectivity index (χ2v) is 5.55. The van der Waals surface area contributed by atoms with Gasteiger partial charge < -0.3 is 5.32 Å². The van der Waals surface area contributed by atoms with Crippen molar-refractivity contribution in [3.63, 3.8) is 0 Å². The van der Waals surface area contributed by atoms with E-state index in [1.54, 1.807) is 18.2 Å². The van der Waals surface area contributed by atoms with E-state index in [0.29, 0.717) is 23.8 Å². The lowest BCUT2D eigenvalue weighted by Crippen LogP contribution is -2.29. The van der Waals surface area contributed by atoms with Gasteiger partial charge in [0, 0.05) is 35.6 Å². The Labute approximate surface area is 129 Å². The summed E-state index contributed by atoms with van der Waals surface area (Å²) in [5, 5.41) is 7.64. The number of anilines is 1. The molecule has 1 heterocycles. The third-order valence-electron chi connectivity index (χ3n) is 3.30. The highest BCUT2D eigenvalue weighted by atomic mass is 35.5. The average molecular weight is 307 g/mol. The minimum absolute atomic E-state index is 0.0682. The first-order valence-electron chi connectivity index (χ1n) is 6.67. The third-order valence-corrected chi connectivity index (χ3v) is 3.53. The number of aryl methyl sites for hydroxylation is 1. The number of nitrogens with one attached hydrogen (secondary N) is 1. The van der Waals surface area contributed by atoms with E-state index in [0.717, 1.165) is 11.3 Å². The Bertz CT molecular complexity index is 638. The van der Waals surface area contributed by atoms with Gasteiger partial charge in [-0.25, -0.2) is 0 Å². The van der Waals surface area contributed by atoms with Crippen LogP contribution in [0.3, 0.4) is 0 Å². The molecule has 0 unspecified atom stereocenters. The predicted molar refractivity (Wildman–Crippen MR) is 84.4 cm³/mol. The number of benzene rings is 1. The number of rotatable bonds is 5. The molecular formula is C15H19ClN4O. The van der Waals surface area contributed by atoms with Crippen LogP contribution >= 0.6 is 11.6 Å². The molecule has 1 aromatic carbocycles. The van der Waals surface area contributed by atoms with E-state index < -0.39 is 0 Å². The van der Waals surface area contributed by atoms with Gasteiger partial charge in [0.1, 0.15) is 0 Å². The van der Waals surface area contributed by atoms with Crippen LogP contribution in [0.15, 0.2) is 30.5 Å². The zero-order valence-electron chi connectivity index (χ0n) is 12.4. The maximum Gasteiger partial charge on any atom is 0.238 e. The van der Waals surface area contributed by atoms with E-state index in [-0.39, 0.29) is 5.91 Å². The van der Waals surface area contributed by atoms with Gasteiger partial charge in [-0.3, -0.25) is 14.4 Å². The van der Waals surface area contributed by atoms with Crippen LogP contribution < -0.4 is 5.32 Å². The zero-order valence-corrected chi connectivity index (χ0v) is 13.2. The van der Waals surface area contributed by atoms with E-state index in [9.17, 15) is 4.79 Å². The predicted octanol–water partition coefficient (Wildman–Crippen LogP) is 2.45. The smallest absolute Gasteiger partial charge is 0.238 e. The first-order valence-corrected chi connectivity index (χ1v) is 7.05. The van der Waals surface area contributed by atoms with Gasteiger partial charge in [-0.1, -0.05) is 17.7 Å². The monoisotopic (exact) mass is 306 g/mol. The molecule has 0 atom stereocenters. The summed E-state index contributed by atoms with van der Waals surface area (Å²) in [5.41, 5.74) is 2.94. The SMILES string of the molecule is Cc1c(CN(C)CC(=O)Nc2cccc(Cl)c2)cnn1C. The standard InChI is InChI=1S/C15H19ClN4O/c1-11-12(8-17-20(11)3)9-19(2)10-15(21)18-14-6-4-5-13(16)7-14/h4-8H,9-10H2,1-3H3,(H,18,21). The number of hydrogen-bond donors (Lipinski definition) is 1. The summed E-state index contributed by atoms with van der Waals surface area (Å²) in [4.78, 5) is 13.9. The lowest BCUT2D eigenvalue weighted by atomic mass is 10.2. The first-order chi connectivity index (χ1) is 9.95. The minimum Gasteiger partial charge on any atom is -0.325 e. The summed E-state index contributed by atoms with van der Waals surface area (Å²) in [5.74, 6) is -0.0682. The summed E-state index contributed by atoms with van der Waals surface area (Å²) in [6, 6.07) is 7.12. The van der Waals surface area contributed by atoms with Crippen molar-refractivity contribution in [1.29, 1.82) is 0 Å². The zero-order chi connectivity index (χ0) is 15.4. The number of aromatic nitrogens is 2. The van der Waals surface area contributed by atoms with Gasteiger partial charge in [0.2, 0.25) is 5.91 Å². The lowest BCUT2D eigenvalue weighted by molar-refractivity contribution is -0.117. The maximum atomic E-state index is 12.0. The second-order valence-electron chi connectivity index (χ2n) is 5.11. The van der Waals surface area contributed by atoms with Crippen LogP contribution in [0, 0.1) is 6.92 Å². The Kier molecular flexibility index (Phi) is 4.98. The van der Waals surface area contributed by atoms with E-state index >= 15 is 0 Å². The van der Waals surface area contributed by atoms with Crippen molar-refractivity contribution < 1.29 is 4.79 Å². The third kappa shape index (κ3) is 4.31. The molecule has 0 radical (unpaired) electrons. The van der Waals surface area contributed by atoms with Crippen LogP contribution in [0.4, 0.5) is 5.69 Å². The van der Waals surface area contributed by atoms with Crippen LogP contribution in [-0.4, -0.2) is 34.2 Å². The number of hydrogen-bond acceptors (Lipinski definition) is 3. The van der Waals surface area contributed by atoms with Crippen molar-refractivity contribution >= 4 is 23.2 Å². The Morgan fingerprint density at radius 2 is 2.24 bits per heavy atom. The molecule has 0 saturated carbocycles. The molecular weight excluding hydrogens is 288 g/mol. The fourth-order valence-corrected chi connectivity index (χ4v) is 2.25. The molecule has 0 saturated heterocycles. The number of nitrogens with zero attached hydrogens (tertiary/aromatic N) is 3. The molecule has 5 nitrogen and oxygen atoms in total. The van der Waals surface area contributed by atoms with Crippen molar-refractivity contribution in [3.05, 3.63) is 46.7 Å². The molecule has 0 spiro atoms. The molecule has 21 heavy (non-hydrogen) atoms. The van der Waals surface area contributed by atoms with Gasteiger partial charge in [-0.2, -0.15) is 5.10 Å². The van der Waals surface area contributed by atoms with Crippen LogP contribution in [0.1, 0.15) is 11.3 Å². The van der Waals surface area contributed by atoms with E-state index in [1.165, 1.54) is 0 Å². The van der Waals surface area contributed by atoms with E-state index in [1.807, 2.05) is 42.9 Å². The van der Waals surface area contributed by atoms with Crippen LogP contribution in [-0.2, 0) is 18.4 Å². The molecule has 0 fully saturated rings. The number of carbonyl (C=O) groups excluding carboxylic acids is 1. The summed E-state index contributed by atoms with van der Waals surface area (Å²) >= 11 is 5.89. The van der Waals surface area contributed by atoms with Gasteiger partial charge >= 0.3 is 0 Å². The molecule has 2 rings (SSSR count). The molecule has 2 aromatic rings. The topological polar surface area (TPSA) is 50.2 Å². The fraction of sp³-hybridized carbons (Fsp3) is 0.333. The van der Waals surface area contributed by atoms with Gasteiger partial charge in [0.05, 0.1) is 12.7 Å². The quantitative estimate of drug-likeness (QED) is 0.923. The van der Waals surface area contributed by atoms with Crippen molar-refractivity contribution in [2.75, 3.05) is 18.9 Å². The van der Waals surface area contributed by atoms with Crippen molar-refractivity contribution in [2.45, 2.75) is 13.5 Å². The molecule has 0 aliphatic heterocycles. The Balaban J connectivity index is 1.89. The largest absolute Gasteiger partial charge is 0.325 e. The molecule has 112 valence electrons. The number of amides is 1. The molecule has 0 aliphatic carbocycles. The van der Waals surface area contributed by atoms with E-state index in [2.05, 4.69) is 10.4 Å². The lowest BCUT2D eigenvalue weighted by Gasteiger charge is -2.16. The normalized spacial score (nSPS) is 10.9. The molecule has 1 amide bonds. The van der Waals surface area contributed by atoms with Crippen LogP contribution in [0.2, 0.25) is 5.02 Å². The van der Waals surface area contributed by atoms with Gasteiger partial charge in [0.15, 0.2) is 0 Å². The summed E-state index contributed by atoms with van der Waals surface area (Å²) < 4.78 is 1.83. The molecule has 1 N–H and O–H groups in total. The second kappa shape index (κ2) is 6.74. The van der Waals surface area contributed by atoms with Gasteiger partial charge in [-0.05, 0) is 32.2 Å². The van der Waals surface area contributed by atoms with E-state index in [4.69, 9.17) is 11.6 Å².